The van der Waals surface area contributed by atoms with Gasteiger partial charge >= 0.3 is 0 Å². The molecule has 0 amide bonds. The molecule has 0 N–H and O–H groups in total. The van der Waals surface area contributed by atoms with Gasteiger partial charge in [-0.1, -0.05) is 13.1 Å². The first-order valence-corrected chi connectivity index (χ1v) is 11.3. The first-order valence-electron chi connectivity index (χ1n) is 6.01. The number of hydrogen-bond donors (Lipinski definition) is 0. The highest BCUT2D eigenvalue weighted by atomic mass is 28.4. The summed E-state index contributed by atoms with van der Waals surface area (Å²) in [6, 6.07) is 0. The Hall–Kier alpha value is -0.0262. The summed E-state index contributed by atoms with van der Waals surface area (Å²) in [6.07, 6.45) is -5.49. The molecule has 0 fully saturated rings. The van der Waals surface area contributed by atoms with Crippen LogP contribution in [0.5, 0.6) is 0 Å². The molecule has 1 nitrogen and oxygen atoms in total. The molecule has 0 saturated carbocycles. The summed E-state index contributed by atoms with van der Waals surface area (Å²) < 4.78 is 83.7. The SMILES string of the molecule is CC(F)C(F)(F)[Si](C)(N(C)[SiH](C)C)C(F)(F)C(C)F. The number of hydrogen-bond acceptors (Lipinski definition) is 1. The Labute approximate surface area is 112 Å². The van der Waals surface area contributed by atoms with Crippen LogP contribution in [-0.4, -0.2) is 51.9 Å². The van der Waals surface area contributed by atoms with E-state index in [2.05, 4.69) is 0 Å². The molecule has 2 unspecified atom stereocenters. The van der Waals surface area contributed by atoms with Crippen molar-refractivity contribution in [2.45, 2.75) is 56.9 Å². The van der Waals surface area contributed by atoms with Crippen LogP contribution in [0.2, 0.25) is 19.6 Å². The summed E-state index contributed by atoms with van der Waals surface area (Å²) in [4.78, 5) is 0. The summed E-state index contributed by atoms with van der Waals surface area (Å²) in [6.45, 7) is 4.90. The van der Waals surface area contributed by atoms with E-state index in [0.29, 0.717) is 20.4 Å². The van der Waals surface area contributed by atoms with Gasteiger partial charge in [0, 0.05) is 0 Å². The van der Waals surface area contributed by atoms with Crippen molar-refractivity contribution in [3.05, 3.63) is 0 Å². The summed E-state index contributed by atoms with van der Waals surface area (Å²) in [5, 5.41) is 0. The van der Waals surface area contributed by atoms with Crippen molar-refractivity contribution < 1.29 is 26.3 Å². The predicted octanol–water partition coefficient (Wildman–Crippen LogP) is 3.54. The zero-order valence-electron chi connectivity index (χ0n) is 11.9. The molecule has 9 heteroatoms. The maximum Gasteiger partial charge on any atom is 0.288 e. The van der Waals surface area contributed by atoms with Gasteiger partial charge in [-0.25, -0.2) is 26.3 Å². The van der Waals surface area contributed by atoms with E-state index in [-0.39, 0.29) is 0 Å². The quantitative estimate of drug-likeness (QED) is 0.533. The van der Waals surface area contributed by atoms with Crippen molar-refractivity contribution in [3.8, 4) is 0 Å². The van der Waals surface area contributed by atoms with Gasteiger partial charge < -0.3 is 4.23 Å². The average Bonchev–Trinajstić information content (AvgIpc) is 2.25. The van der Waals surface area contributed by atoms with Crippen LogP contribution in [0.25, 0.3) is 0 Å². The molecule has 0 aliphatic rings. The molecule has 2 atom stereocenters. The molecule has 0 aliphatic heterocycles. The lowest BCUT2D eigenvalue weighted by Crippen LogP contribution is -2.78. The molecule has 0 aromatic rings. The zero-order chi connectivity index (χ0) is 15.8. The Morgan fingerprint density at radius 2 is 1.21 bits per heavy atom. The third-order valence-corrected chi connectivity index (χ3v) is 13.2. The van der Waals surface area contributed by atoms with Crippen LogP contribution < -0.4 is 0 Å². The first-order chi connectivity index (χ1) is 8.24. The van der Waals surface area contributed by atoms with Crippen LogP contribution in [0.3, 0.4) is 0 Å². The second kappa shape index (κ2) is 5.76. The summed E-state index contributed by atoms with van der Waals surface area (Å²) in [5.41, 5.74) is -8.47. The van der Waals surface area contributed by atoms with Crippen molar-refractivity contribution in [3.63, 3.8) is 0 Å². The van der Waals surface area contributed by atoms with Crippen LogP contribution in [0.15, 0.2) is 0 Å². The van der Waals surface area contributed by atoms with Crippen molar-refractivity contribution >= 4 is 17.2 Å². The second-order valence-corrected chi connectivity index (χ2v) is 12.9. The molecule has 0 heterocycles. The van der Waals surface area contributed by atoms with Gasteiger partial charge in [0.15, 0.2) is 12.3 Å². The smallest absolute Gasteiger partial charge is 0.288 e. The van der Waals surface area contributed by atoms with Gasteiger partial charge in [-0.05, 0) is 27.4 Å². The molecule has 0 aromatic carbocycles. The summed E-state index contributed by atoms with van der Waals surface area (Å²) in [5.74, 6) is 0. The van der Waals surface area contributed by atoms with E-state index in [0.717, 1.165) is 11.3 Å². The zero-order valence-corrected chi connectivity index (χ0v) is 14.1. The molecule has 0 radical (unpaired) electrons. The van der Waals surface area contributed by atoms with E-state index < -0.39 is 40.6 Å². The van der Waals surface area contributed by atoms with Gasteiger partial charge in [-0.15, -0.1) is 0 Å². The maximum atomic E-state index is 14.1. The lowest BCUT2D eigenvalue weighted by Gasteiger charge is -2.48. The molecule has 0 rings (SSSR count). The topological polar surface area (TPSA) is 3.24 Å². The Morgan fingerprint density at radius 1 is 0.947 bits per heavy atom. The van der Waals surface area contributed by atoms with Gasteiger partial charge in [-0.2, -0.15) is 0 Å². The minimum atomic E-state index is -5.02. The second-order valence-electron chi connectivity index (χ2n) is 5.25. The van der Waals surface area contributed by atoms with E-state index in [1.54, 1.807) is 13.1 Å². The van der Waals surface area contributed by atoms with Gasteiger partial charge in [0.2, 0.25) is 0 Å². The Morgan fingerprint density at radius 3 is 1.37 bits per heavy atom. The number of alkyl halides is 6. The van der Waals surface area contributed by atoms with E-state index in [9.17, 15) is 26.3 Å². The minimum absolute atomic E-state index is 0.542. The standard InChI is InChI=1S/C10H21F6NSi2/c1-7(11)9(13,14)19(6,17(3)18(4)5)10(15,16)8(2)12/h7-8,18H,1-6H3. The molecular weight excluding hydrogens is 304 g/mol. The molecular formula is C10H21F6NSi2. The first kappa shape index (κ1) is 19.0. The lowest BCUT2D eigenvalue weighted by atomic mass is 10.4. The summed E-state index contributed by atoms with van der Waals surface area (Å²) >= 11 is 0. The van der Waals surface area contributed by atoms with E-state index in [1.807, 2.05) is 0 Å². The molecule has 116 valence electrons. The number of nitrogens with zero attached hydrogens (tertiary/aromatic N) is 1. The monoisotopic (exact) mass is 325 g/mol. The van der Waals surface area contributed by atoms with Crippen molar-refractivity contribution in [2.24, 2.45) is 0 Å². The van der Waals surface area contributed by atoms with Gasteiger partial charge in [-0.3, -0.25) is 0 Å². The van der Waals surface area contributed by atoms with Gasteiger partial charge in [0.25, 0.3) is 19.3 Å². The van der Waals surface area contributed by atoms with Gasteiger partial charge in [0.1, 0.15) is 0 Å². The lowest BCUT2D eigenvalue weighted by molar-refractivity contribution is -0.0569. The van der Waals surface area contributed by atoms with Crippen molar-refractivity contribution in [1.29, 1.82) is 0 Å². The van der Waals surface area contributed by atoms with Crippen LogP contribution in [0.4, 0.5) is 26.3 Å². The molecule has 0 aromatic heterocycles. The minimum Gasteiger partial charge on any atom is -0.342 e. The summed E-state index contributed by atoms with van der Waals surface area (Å²) in [7, 11) is -5.95. The number of halogens is 6. The highest BCUT2D eigenvalue weighted by Crippen LogP contribution is 2.46. The third-order valence-electron chi connectivity index (χ3n) is 3.78. The maximum absolute atomic E-state index is 14.1. The Balaban J connectivity index is 6.05. The average molecular weight is 325 g/mol. The normalized spacial score (nSPS) is 20.5. The molecule has 0 aliphatic carbocycles. The fraction of sp³-hybridized carbons (Fsp3) is 1.00. The predicted molar refractivity (Wildman–Crippen MR) is 69.3 cm³/mol. The fourth-order valence-corrected chi connectivity index (χ4v) is 10.1. The number of rotatable bonds is 6. The highest BCUT2D eigenvalue weighted by molar-refractivity contribution is 6.87. The Kier molecular flexibility index (Phi) is 5.76. The van der Waals surface area contributed by atoms with Crippen LogP contribution in [0, 0.1) is 0 Å². The van der Waals surface area contributed by atoms with E-state index >= 15 is 0 Å². The van der Waals surface area contributed by atoms with Crippen LogP contribution in [-0.2, 0) is 0 Å². The highest BCUT2D eigenvalue weighted by Gasteiger charge is 2.74. The van der Waals surface area contributed by atoms with Crippen molar-refractivity contribution in [1.82, 2.24) is 4.23 Å². The van der Waals surface area contributed by atoms with Crippen LogP contribution in [0.1, 0.15) is 13.8 Å². The Bertz CT molecular complexity index is 288. The third kappa shape index (κ3) is 2.87. The van der Waals surface area contributed by atoms with E-state index in [4.69, 9.17) is 0 Å². The molecule has 0 spiro atoms. The molecule has 0 saturated heterocycles. The molecule has 19 heavy (non-hydrogen) atoms. The molecule has 0 bridgehead atoms. The van der Waals surface area contributed by atoms with Gasteiger partial charge in [0.05, 0.1) is 8.96 Å². The van der Waals surface area contributed by atoms with Crippen LogP contribution >= 0.6 is 0 Å². The fourth-order valence-electron chi connectivity index (χ4n) is 1.98. The van der Waals surface area contributed by atoms with E-state index in [1.165, 1.54) is 0 Å². The van der Waals surface area contributed by atoms with Crippen molar-refractivity contribution in [2.75, 3.05) is 7.05 Å². The largest absolute Gasteiger partial charge is 0.342 e.